The summed E-state index contributed by atoms with van der Waals surface area (Å²) < 4.78 is 11.4. The number of benzene rings is 2. The maximum absolute atomic E-state index is 6.08. The first kappa shape index (κ1) is 16.6. The molecule has 0 N–H and O–H groups in total. The Labute approximate surface area is 145 Å². The zero-order valence-electron chi connectivity index (χ0n) is 15.3. The maximum Gasteiger partial charge on any atom is 0.127 e. The molecule has 2 heteroatoms. The van der Waals surface area contributed by atoms with Gasteiger partial charge >= 0.3 is 0 Å². The van der Waals surface area contributed by atoms with Crippen LogP contribution in [0.25, 0.3) is 5.57 Å². The van der Waals surface area contributed by atoms with Crippen molar-refractivity contribution in [2.24, 2.45) is 5.92 Å². The molecule has 0 fully saturated rings. The first-order chi connectivity index (χ1) is 11.4. The van der Waals surface area contributed by atoms with Crippen LogP contribution in [0.4, 0.5) is 0 Å². The standard InChI is InChI=1S/C22H26O2/c1-13-10-21-22(16(4)15(13)3)17(5)19(12-24-21)11-18-7-8-20(23-6)14(2)9-18/h7-10,19H,5,11-12H2,1-4,6H3. The Morgan fingerprint density at radius 3 is 2.50 bits per heavy atom. The van der Waals surface area contributed by atoms with E-state index < -0.39 is 0 Å². The molecule has 126 valence electrons. The van der Waals surface area contributed by atoms with E-state index >= 15 is 0 Å². The average molecular weight is 322 g/mol. The molecule has 0 aliphatic carbocycles. The van der Waals surface area contributed by atoms with Crippen LogP contribution in [0.2, 0.25) is 0 Å². The Bertz CT molecular complexity index is 802. The molecule has 24 heavy (non-hydrogen) atoms. The monoisotopic (exact) mass is 322 g/mol. The number of methoxy groups -OCH3 is 1. The van der Waals surface area contributed by atoms with Gasteiger partial charge in [-0.2, -0.15) is 0 Å². The molecule has 1 aliphatic heterocycles. The normalized spacial score (nSPS) is 16.5. The fourth-order valence-electron chi connectivity index (χ4n) is 3.59. The third kappa shape index (κ3) is 2.82. The van der Waals surface area contributed by atoms with E-state index in [0.717, 1.165) is 17.9 Å². The molecule has 0 saturated heterocycles. The molecule has 0 bridgehead atoms. The fourth-order valence-corrected chi connectivity index (χ4v) is 3.59. The van der Waals surface area contributed by atoms with Crippen molar-refractivity contribution in [2.75, 3.05) is 13.7 Å². The van der Waals surface area contributed by atoms with Gasteiger partial charge < -0.3 is 9.47 Å². The van der Waals surface area contributed by atoms with Gasteiger partial charge in [0.25, 0.3) is 0 Å². The Balaban J connectivity index is 1.89. The summed E-state index contributed by atoms with van der Waals surface area (Å²) in [7, 11) is 1.71. The van der Waals surface area contributed by atoms with Crippen molar-refractivity contribution in [1.29, 1.82) is 0 Å². The zero-order chi connectivity index (χ0) is 17.4. The van der Waals surface area contributed by atoms with Crippen LogP contribution in [0.5, 0.6) is 11.5 Å². The van der Waals surface area contributed by atoms with Gasteiger partial charge in [-0.05, 0) is 79.6 Å². The highest BCUT2D eigenvalue weighted by molar-refractivity contribution is 5.76. The topological polar surface area (TPSA) is 18.5 Å². The van der Waals surface area contributed by atoms with Crippen LogP contribution in [0.15, 0.2) is 30.8 Å². The van der Waals surface area contributed by atoms with Gasteiger partial charge in [-0.25, -0.2) is 0 Å². The molecule has 1 heterocycles. The summed E-state index contributed by atoms with van der Waals surface area (Å²) in [6, 6.07) is 8.54. The molecular formula is C22H26O2. The second-order valence-electron chi connectivity index (χ2n) is 6.86. The average Bonchev–Trinajstić information content (AvgIpc) is 2.55. The van der Waals surface area contributed by atoms with Crippen molar-refractivity contribution >= 4 is 5.57 Å². The van der Waals surface area contributed by atoms with E-state index in [1.54, 1.807) is 7.11 Å². The third-order valence-electron chi connectivity index (χ3n) is 5.32. The summed E-state index contributed by atoms with van der Waals surface area (Å²) in [6.07, 6.45) is 0.940. The van der Waals surface area contributed by atoms with E-state index in [-0.39, 0.29) is 0 Å². The molecule has 0 saturated carbocycles. The number of hydrogen-bond donors (Lipinski definition) is 0. The van der Waals surface area contributed by atoms with Crippen LogP contribution in [-0.2, 0) is 6.42 Å². The second kappa shape index (κ2) is 6.35. The Hall–Kier alpha value is -2.22. The number of aryl methyl sites for hydroxylation is 2. The molecule has 2 aromatic rings. The summed E-state index contributed by atoms with van der Waals surface area (Å²) in [5.41, 5.74) is 8.78. The highest BCUT2D eigenvalue weighted by Gasteiger charge is 2.26. The first-order valence-electron chi connectivity index (χ1n) is 8.48. The summed E-state index contributed by atoms with van der Waals surface area (Å²) in [5, 5.41) is 0. The SMILES string of the molecule is C=C1c2c(cc(C)c(C)c2C)OCC1Cc1ccc(OC)c(C)c1. The summed E-state index contributed by atoms with van der Waals surface area (Å²) in [6.45, 7) is 13.7. The molecule has 2 aromatic carbocycles. The molecule has 3 rings (SSSR count). The van der Waals surface area contributed by atoms with Gasteiger partial charge in [0.05, 0.1) is 13.7 Å². The second-order valence-corrected chi connectivity index (χ2v) is 6.86. The minimum Gasteiger partial charge on any atom is -0.496 e. The van der Waals surface area contributed by atoms with Gasteiger partial charge in [-0.3, -0.25) is 0 Å². The van der Waals surface area contributed by atoms with Crippen molar-refractivity contribution in [1.82, 2.24) is 0 Å². The number of hydrogen-bond acceptors (Lipinski definition) is 2. The predicted octanol–water partition coefficient (Wildman–Crippen LogP) is 5.19. The minimum atomic E-state index is 0.311. The predicted molar refractivity (Wildman–Crippen MR) is 100 cm³/mol. The maximum atomic E-state index is 6.08. The molecule has 0 spiro atoms. The van der Waals surface area contributed by atoms with E-state index in [0.29, 0.717) is 12.5 Å². The van der Waals surface area contributed by atoms with Crippen molar-refractivity contribution in [3.05, 3.63) is 64.2 Å². The van der Waals surface area contributed by atoms with Crippen molar-refractivity contribution < 1.29 is 9.47 Å². The van der Waals surface area contributed by atoms with E-state index in [2.05, 4.69) is 52.5 Å². The highest BCUT2D eigenvalue weighted by atomic mass is 16.5. The van der Waals surface area contributed by atoms with Gasteiger partial charge in [-0.1, -0.05) is 18.7 Å². The molecule has 1 unspecified atom stereocenters. The molecule has 0 amide bonds. The van der Waals surface area contributed by atoms with Crippen molar-refractivity contribution in [3.8, 4) is 11.5 Å². The molecule has 2 nitrogen and oxygen atoms in total. The van der Waals surface area contributed by atoms with Crippen molar-refractivity contribution in [2.45, 2.75) is 34.1 Å². The highest BCUT2D eigenvalue weighted by Crippen LogP contribution is 2.41. The Morgan fingerprint density at radius 2 is 1.83 bits per heavy atom. The van der Waals surface area contributed by atoms with E-state index in [1.165, 1.54) is 39.0 Å². The van der Waals surface area contributed by atoms with E-state index in [1.807, 2.05) is 6.07 Å². The Morgan fingerprint density at radius 1 is 1.08 bits per heavy atom. The lowest BCUT2D eigenvalue weighted by Gasteiger charge is -2.30. The molecule has 1 atom stereocenters. The quantitative estimate of drug-likeness (QED) is 0.774. The van der Waals surface area contributed by atoms with Gasteiger partial charge in [0.2, 0.25) is 0 Å². The number of rotatable bonds is 3. The van der Waals surface area contributed by atoms with Gasteiger partial charge in [-0.15, -0.1) is 0 Å². The largest absolute Gasteiger partial charge is 0.496 e. The van der Waals surface area contributed by atoms with Crippen LogP contribution >= 0.6 is 0 Å². The first-order valence-corrected chi connectivity index (χ1v) is 8.48. The smallest absolute Gasteiger partial charge is 0.127 e. The van der Waals surface area contributed by atoms with Crippen LogP contribution in [0.1, 0.15) is 33.4 Å². The van der Waals surface area contributed by atoms with E-state index in [9.17, 15) is 0 Å². The number of ether oxygens (including phenoxy) is 2. The van der Waals surface area contributed by atoms with Gasteiger partial charge in [0, 0.05) is 11.5 Å². The number of fused-ring (bicyclic) bond motifs is 1. The lowest BCUT2D eigenvalue weighted by atomic mass is 9.83. The molecule has 1 aliphatic rings. The summed E-state index contributed by atoms with van der Waals surface area (Å²) >= 11 is 0. The van der Waals surface area contributed by atoms with Crippen LogP contribution < -0.4 is 9.47 Å². The lowest BCUT2D eigenvalue weighted by Crippen LogP contribution is -2.22. The van der Waals surface area contributed by atoms with Crippen molar-refractivity contribution in [3.63, 3.8) is 0 Å². The lowest BCUT2D eigenvalue weighted by molar-refractivity contribution is 0.266. The van der Waals surface area contributed by atoms with Gasteiger partial charge in [0.15, 0.2) is 0 Å². The molecule has 0 radical (unpaired) electrons. The third-order valence-corrected chi connectivity index (χ3v) is 5.32. The van der Waals surface area contributed by atoms with Crippen LogP contribution in [0.3, 0.4) is 0 Å². The molecule has 0 aromatic heterocycles. The van der Waals surface area contributed by atoms with Gasteiger partial charge in [0.1, 0.15) is 11.5 Å². The van der Waals surface area contributed by atoms with Crippen LogP contribution in [-0.4, -0.2) is 13.7 Å². The molecular weight excluding hydrogens is 296 g/mol. The Kier molecular flexibility index (Phi) is 4.40. The summed E-state index contributed by atoms with van der Waals surface area (Å²) in [4.78, 5) is 0. The minimum absolute atomic E-state index is 0.311. The summed E-state index contributed by atoms with van der Waals surface area (Å²) in [5.74, 6) is 2.23. The van der Waals surface area contributed by atoms with Crippen LogP contribution in [0, 0.1) is 33.6 Å². The fraction of sp³-hybridized carbons (Fsp3) is 0.364. The van der Waals surface area contributed by atoms with E-state index in [4.69, 9.17) is 9.47 Å². The zero-order valence-corrected chi connectivity index (χ0v) is 15.3.